The molecular formula is C12H20F3NO. The molecule has 5 heteroatoms. The van der Waals surface area contributed by atoms with Crippen molar-refractivity contribution in [1.82, 2.24) is 0 Å². The van der Waals surface area contributed by atoms with Crippen LogP contribution in [0, 0.1) is 23.7 Å². The van der Waals surface area contributed by atoms with Crippen LogP contribution in [-0.4, -0.2) is 24.9 Å². The summed E-state index contributed by atoms with van der Waals surface area (Å²) in [5.74, 6) is -0.786. The van der Waals surface area contributed by atoms with E-state index < -0.39 is 12.1 Å². The van der Waals surface area contributed by atoms with Crippen LogP contribution in [0.4, 0.5) is 13.2 Å². The molecule has 2 N–H and O–H groups in total. The fraction of sp³-hybridized carbons (Fsp3) is 1.00. The normalized spacial score (nSPS) is 46.9. The average molecular weight is 251 g/mol. The Morgan fingerprint density at radius 1 is 1.24 bits per heavy atom. The topological polar surface area (TPSA) is 35.2 Å². The van der Waals surface area contributed by atoms with Gasteiger partial charge in [-0.3, -0.25) is 0 Å². The molecule has 0 aromatic carbocycles. The summed E-state index contributed by atoms with van der Waals surface area (Å²) in [5, 5.41) is 0. The van der Waals surface area contributed by atoms with E-state index in [1.807, 2.05) is 6.92 Å². The van der Waals surface area contributed by atoms with E-state index in [9.17, 15) is 13.2 Å². The smallest absolute Gasteiger partial charge is 0.375 e. The highest BCUT2D eigenvalue weighted by molar-refractivity contribution is 4.97. The molecule has 100 valence electrons. The Kier molecular flexibility index (Phi) is 3.42. The van der Waals surface area contributed by atoms with E-state index in [0.29, 0.717) is 12.5 Å². The van der Waals surface area contributed by atoms with Gasteiger partial charge in [0.15, 0.2) is 0 Å². The predicted octanol–water partition coefficient (Wildman–Crippen LogP) is 2.57. The van der Waals surface area contributed by atoms with E-state index >= 15 is 0 Å². The van der Waals surface area contributed by atoms with Crippen molar-refractivity contribution in [3.63, 3.8) is 0 Å². The van der Waals surface area contributed by atoms with Crippen molar-refractivity contribution in [2.45, 2.75) is 45.1 Å². The fourth-order valence-corrected chi connectivity index (χ4v) is 3.51. The summed E-state index contributed by atoms with van der Waals surface area (Å²) < 4.78 is 44.1. The van der Waals surface area contributed by atoms with E-state index in [2.05, 4.69) is 6.92 Å². The van der Waals surface area contributed by atoms with Gasteiger partial charge < -0.3 is 10.5 Å². The lowest BCUT2D eigenvalue weighted by Crippen LogP contribution is -2.43. The molecule has 2 fully saturated rings. The minimum Gasteiger partial charge on any atom is -0.375 e. The van der Waals surface area contributed by atoms with E-state index in [-0.39, 0.29) is 36.9 Å². The molecule has 17 heavy (non-hydrogen) atoms. The maximum atomic E-state index is 12.8. The SMILES string of the molecule is C[C@@H]1[C@@H]2[C@@H](CN)C[C@@H](C(F)(F)F)C[C@H]2O[C@H]1C. The number of rotatable bonds is 1. The Hall–Kier alpha value is -0.290. The molecule has 0 aromatic heterocycles. The van der Waals surface area contributed by atoms with Gasteiger partial charge in [0.25, 0.3) is 0 Å². The Balaban J connectivity index is 2.16. The number of hydrogen-bond donors (Lipinski definition) is 1. The van der Waals surface area contributed by atoms with Crippen LogP contribution < -0.4 is 5.73 Å². The first-order chi connectivity index (χ1) is 7.84. The molecule has 0 unspecified atom stereocenters. The Bertz CT molecular complexity index is 273. The van der Waals surface area contributed by atoms with Crippen LogP contribution in [0.5, 0.6) is 0 Å². The third-order valence-corrected chi connectivity index (χ3v) is 4.58. The highest BCUT2D eigenvalue weighted by Gasteiger charge is 2.53. The molecule has 1 aliphatic carbocycles. The van der Waals surface area contributed by atoms with Gasteiger partial charge >= 0.3 is 6.18 Å². The number of alkyl halides is 3. The molecule has 2 nitrogen and oxygen atoms in total. The molecule has 0 bridgehead atoms. The summed E-state index contributed by atoms with van der Waals surface area (Å²) in [7, 11) is 0. The monoisotopic (exact) mass is 251 g/mol. The first-order valence-electron chi connectivity index (χ1n) is 6.26. The molecular weight excluding hydrogens is 231 g/mol. The standard InChI is InChI=1S/C12H20F3NO/c1-6-7(2)17-10-4-9(12(13,14)15)3-8(5-16)11(6)10/h6-11H,3-5,16H2,1-2H3/t6-,7-,8+,9+,10+,11+/m0/s1. The van der Waals surface area contributed by atoms with E-state index in [4.69, 9.17) is 10.5 Å². The zero-order valence-corrected chi connectivity index (χ0v) is 10.2. The van der Waals surface area contributed by atoms with Gasteiger partial charge in [-0.1, -0.05) is 6.92 Å². The number of halogens is 3. The lowest BCUT2D eigenvalue weighted by Gasteiger charge is -2.39. The maximum absolute atomic E-state index is 12.8. The lowest BCUT2D eigenvalue weighted by molar-refractivity contribution is -0.199. The zero-order valence-electron chi connectivity index (χ0n) is 10.2. The van der Waals surface area contributed by atoms with Crippen molar-refractivity contribution >= 4 is 0 Å². The molecule has 6 atom stereocenters. The molecule has 2 aliphatic rings. The van der Waals surface area contributed by atoms with Crippen LogP contribution in [0.25, 0.3) is 0 Å². The lowest BCUT2D eigenvalue weighted by atomic mass is 9.68. The minimum absolute atomic E-state index is 0.0473. The second kappa shape index (κ2) is 4.43. The van der Waals surface area contributed by atoms with Gasteiger partial charge in [0, 0.05) is 0 Å². The number of hydrogen-bond acceptors (Lipinski definition) is 2. The third kappa shape index (κ3) is 2.32. The second-order valence-electron chi connectivity index (χ2n) is 5.52. The van der Waals surface area contributed by atoms with Crippen molar-refractivity contribution < 1.29 is 17.9 Å². The summed E-state index contributed by atoms with van der Waals surface area (Å²) in [4.78, 5) is 0. The van der Waals surface area contributed by atoms with Crippen molar-refractivity contribution in [2.75, 3.05) is 6.54 Å². The highest BCUT2D eigenvalue weighted by atomic mass is 19.4. The molecule has 0 aromatic rings. The molecule has 1 heterocycles. The minimum atomic E-state index is -4.11. The van der Waals surface area contributed by atoms with Crippen LogP contribution in [0.1, 0.15) is 26.7 Å². The van der Waals surface area contributed by atoms with Crippen molar-refractivity contribution in [3.8, 4) is 0 Å². The maximum Gasteiger partial charge on any atom is 0.391 e. The fourth-order valence-electron chi connectivity index (χ4n) is 3.51. The van der Waals surface area contributed by atoms with Gasteiger partial charge in [-0.15, -0.1) is 0 Å². The Morgan fingerprint density at radius 2 is 1.88 bits per heavy atom. The third-order valence-electron chi connectivity index (χ3n) is 4.58. The average Bonchev–Trinajstić information content (AvgIpc) is 2.52. The summed E-state index contributed by atoms with van der Waals surface area (Å²) in [6.07, 6.45) is -4.04. The molecule has 0 amide bonds. The first kappa shape index (κ1) is 13.1. The van der Waals surface area contributed by atoms with Crippen molar-refractivity contribution in [3.05, 3.63) is 0 Å². The van der Waals surface area contributed by atoms with E-state index in [1.54, 1.807) is 0 Å². The van der Waals surface area contributed by atoms with Crippen molar-refractivity contribution in [2.24, 2.45) is 29.4 Å². The Morgan fingerprint density at radius 3 is 2.41 bits per heavy atom. The molecule has 1 aliphatic heterocycles. The van der Waals surface area contributed by atoms with Crippen LogP contribution in [0.3, 0.4) is 0 Å². The first-order valence-corrected chi connectivity index (χ1v) is 6.26. The molecule has 1 saturated carbocycles. The van der Waals surface area contributed by atoms with Gasteiger partial charge in [-0.05, 0) is 44.1 Å². The predicted molar refractivity (Wildman–Crippen MR) is 58.3 cm³/mol. The largest absolute Gasteiger partial charge is 0.391 e. The second-order valence-corrected chi connectivity index (χ2v) is 5.52. The van der Waals surface area contributed by atoms with Gasteiger partial charge in [-0.2, -0.15) is 13.2 Å². The molecule has 1 saturated heterocycles. The van der Waals surface area contributed by atoms with Crippen LogP contribution in [0.15, 0.2) is 0 Å². The summed E-state index contributed by atoms with van der Waals surface area (Å²) in [5.41, 5.74) is 5.65. The van der Waals surface area contributed by atoms with Crippen LogP contribution >= 0.6 is 0 Å². The number of nitrogens with two attached hydrogens (primary N) is 1. The van der Waals surface area contributed by atoms with E-state index in [0.717, 1.165) is 0 Å². The van der Waals surface area contributed by atoms with E-state index in [1.165, 1.54) is 0 Å². The molecule has 0 spiro atoms. The quantitative estimate of drug-likeness (QED) is 0.777. The zero-order chi connectivity index (χ0) is 12.8. The summed E-state index contributed by atoms with van der Waals surface area (Å²) in [6, 6.07) is 0. The van der Waals surface area contributed by atoms with Gasteiger partial charge in [0.05, 0.1) is 18.1 Å². The molecule has 0 radical (unpaired) electrons. The van der Waals surface area contributed by atoms with Crippen LogP contribution in [0.2, 0.25) is 0 Å². The van der Waals surface area contributed by atoms with Gasteiger partial charge in [0.2, 0.25) is 0 Å². The number of fused-ring (bicyclic) bond motifs is 1. The molecule has 2 rings (SSSR count). The number of ether oxygens (including phenoxy) is 1. The van der Waals surface area contributed by atoms with Crippen molar-refractivity contribution in [1.29, 1.82) is 0 Å². The highest BCUT2D eigenvalue weighted by Crippen LogP contribution is 2.49. The van der Waals surface area contributed by atoms with Gasteiger partial charge in [0.1, 0.15) is 0 Å². The van der Waals surface area contributed by atoms with Crippen LogP contribution in [-0.2, 0) is 4.74 Å². The summed E-state index contributed by atoms with van der Waals surface area (Å²) in [6.45, 7) is 4.33. The Labute approximate surface area is 99.7 Å². The van der Waals surface area contributed by atoms with Gasteiger partial charge in [-0.25, -0.2) is 0 Å². The summed E-state index contributed by atoms with van der Waals surface area (Å²) >= 11 is 0.